The number of hydrogen-bond donors (Lipinski definition) is 2. The van der Waals surface area contributed by atoms with Crippen LogP contribution in [0.5, 0.6) is 5.75 Å². The van der Waals surface area contributed by atoms with Crippen LogP contribution in [0.15, 0.2) is 47.5 Å². The molecule has 0 radical (unpaired) electrons. The van der Waals surface area contributed by atoms with E-state index in [1.807, 2.05) is 32.3 Å². The van der Waals surface area contributed by atoms with Crippen LogP contribution >= 0.6 is 0 Å². The Balaban J connectivity index is 2.12. The summed E-state index contributed by atoms with van der Waals surface area (Å²) in [5.74, 6) is 1.26. The van der Waals surface area contributed by atoms with E-state index in [4.69, 9.17) is 10.5 Å². The molecular formula is C20H28N4O. The maximum absolute atomic E-state index is 6.08. The molecule has 2 aromatic carbocycles. The third kappa shape index (κ3) is 5.50. The number of methoxy groups -OCH3 is 1. The third-order valence-electron chi connectivity index (χ3n) is 4.03. The molecule has 0 spiro atoms. The topological polar surface area (TPSA) is 62.9 Å². The van der Waals surface area contributed by atoms with Gasteiger partial charge in [-0.15, -0.1) is 0 Å². The van der Waals surface area contributed by atoms with E-state index in [0.717, 1.165) is 17.0 Å². The van der Waals surface area contributed by atoms with E-state index in [1.165, 1.54) is 11.1 Å². The Morgan fingerprint density at radius 2 is 1.84 bits per heavy atom. The van der Waals surface area contributed by atoms with Crippen LogP contribution in [0.1, 0.15) is 22.7 Å². The van der Waals surface area contributed by atoms with Crippen molar-refractivity contribution < 1.29 is 4.74 Å². The minimum Gasteiger partial charge on any atom is -0.497 e. The van der Waals surface area contributed by atoms with E-state index in [1.54, 1.807) is 7.11 Å². The number of guanidine groups is 1. The predicted molar refractivity (Wildman–Crippen MR) is 105 cm³/mol. The van der Waals surface area contributed by atoms with Gasteiger partial charge in [0.2, 0.25) is 0 Å². The molecule has 25 heavy (non-hydrogen) atoms. The van der Waals surface area contributed by atoms with Crippen LogP contribution < -0.4 is 15.8 Å². The van der Waals surface area contributed by atoms with E-state index >= 15 is 0 Å². The first-order chi connectivity index (χ1) is 11.9. The van der Waals surface area contributed by atoms with E-state index in [2.05, 4.69) is 53.3 Å². The summed E-state index contributed by atoms with van der Waals surface area (Å²) < 4.78 is 5.32. The number of aryl methyl sites for hydroxylation is 2. The fraction of sp³-hybridized carbons (Fsp3) is 0.350. The number of nitrogens with two attached hydrogens (primary N) is 1. The fourth-order valence-electron chi connectivity index (χ4n) is 2.83. The highest BCUT2D eigenvalue weighted by Crippen LogP contribution is 2.23. The molecule has 1 atom stereocenters. The number of aliphatic imine (C=N–C) groups is 1. The molecule has 0 aliphatic heterocycles. The van der Waals surface area contributed by atoms with Crippen LogP contribution in [0.2, 0.25) is 0 Å². The lowest BCUT2D eigenvalue weighted by Gasteiger charge is -2.23. The van der Waals surface area contributed by atoms with Gasteiger partial charge in [-0.1, -0.05) is 18.2 Å². The minimum atomic E-state index is 0.120. The maximum atomic E-state index is 6.08. The standard InChI is InChI=1S/C20H28N4O/c1-14-9-15(2)11-17(10-14)23-20(21)22-13-19(24(3)4)16-7-6-8-18(12-16)25-5/h6-12,19H,13H2,1-5H3,(H3,21,22,23). The Labute approximate surface area is 150 Å². The zero-order chi connectivity index (χ0) is 18.4. The van der Waals surface area contributed by atoms with Gasteiger partial charge in [-0.25, -0.2) is 0 Å². The molecule has 0 aromatic heterocycles. The first-order valence-electron chi connectivity index (χ1n) is 8.34. The summed E-state index contributed by atoms with van der Waals surface area (Å²) in [4.78, 5) is 6.66. The molecule has 0 saturated heterocycles. The van der Waals surface area contributed by atoms with Crippen molar-refractivity contribution in [3.8, 4) is 5.75 Å². The lowest BCUT2D eigenvalue weighted by molar-refractivity contribution is 0.305. The number of hydrogen-bond acceptors (Lipinski definition) is 3. The van der Waals surface area contributed by atoms with Crippen LogP contribution in [0.3, 0.4) is 0 Å². The second-order valence-corrected chi connectivity index (χ2v) is 6.48. The molecule has 0 saturated carbocycles. The molecular weight excluding hydrogens is 312 g/mol. The summed E-state index contributed by atoms with van der Waals surface area (Å²) in [5.41, 5.74) is 10.6. The second kappa shape index (κ2) is 8.53. The summed E-state index contributed by atoms with van der Waals surface area (Å²) in [5, 5.41) is 3.18. The molecule has 0 heterocycles. The Morgan fingerprint density at radius 3 is 2.44 bits per heavy atom. The number of nitrogens with one attached hydrogen (secondary N) is 1. The van der Waals surface area contributed by atoms with Crippen molar-refractivity contribution in [1.29, 1.82) is 0 Å². The fourth-order valence-corrected chi connectivity index (χ4v) is 2.83. The van der Waals surface area contributed by atoms with Gasteiger partial charge >= 0.3 is 0 Å². The molecule has 5 heteroatoms. The lowest BCUT2D eigenvalue weighted by Crippen LogP contribution is -2.27. The first kappa shape index (κ1) is 18.8. The number of likely N-dealkylation sites (N-methyl/N-ethyl adjacent to an activating group) is 1. The summed E-state index contributed by atoms with van der Waals surface area (Å²) in [6, 6.07) is 14.4. The second-order valence-electron chi connectivity index (χ2n) is 6.48. The highest BCUT2D eigenvalue weighted by molar-refractivity contribution is 5.92. The first-order valence-corrected chi connectivity index (χ1v) is 8.34. The van der Waals surface area contributed by atoms with Gasteiger partial charge in [0.25, 0.3) is 0 Å². The number of anilines is 1. The van der Waals surface area contributed by atoms with Gasteiger partial charge in [-0.3, -0.25) is 4.99 Å². The molecule has 0 aliphatic carbocycles. The van der Waals surface area contributed by atoms with Crippen molar-refractivity contribution in [2.75, 3.05) is 33.1 Å². The van der Waals surface area contributed by atoms with Crippen molar-refractivity contribution in [3.05, 3.63) is 59.2 Å². The zero-order valence-corrected chi connectivity index (χ0v) is 15.7. The molecule has 0 aliphatic rings. The molecule has 134 valence electrons. The quantitative estimate of drug-likeness (QED) is 0.625. The van der Waals surface area contributed by atoms with Gasteiger partial charge in [0.1, 0.15) is 5.75 Å². The van der Waals surface area contributed by atoms with Crippen LogP contribution in [0.25, 0.3) is 0 Å². The van der Waals surface area contributed by atoms with E-state index in [-0.39, 0.29) is 6.04 Å². The van der Waals surface area contributed by atoms with E-state index in [0.29, 0.717) is 12.5 Å². The van der Waals surface area contributed by atoms with Crippen molar-refractivity contribution in [2.24, 2.45) is 10.7 Å². The summed E-state index contributed by atoms with van der Waals surface area (Å²) in [6.45, 7) is 4.69. The number of rotatable bonds is 6. The molecule has 0 amide bonds. The predicted octanol–water partition coefficient (Wildman–Crippen LogP) is 3.34. The minimum absolute atomic E-state index is 0.120. The third-order valence-corrected chi connectivity index (χ3v) is 4.03. The summed E-state index contributed by atoms with van der Waals surface area (Å²) in [7, 11) is 5.74. The molecule has 2 rings (SSSR count). The monoisotopic (exact) mass is 340 g/mol. The van der Waals surface area contributed by atoms with Crippen LogP contribution in [-0.2, 0) is 0 Å². The molecule has 2 aromatic rings. The van der Waals surface area contributed by atoms with Gasteiger partial charge < -0.3 is 20.7 Å². The van der Waals surface area contributed by atoms with Crippen molar-refractivity contribution in [2.45, 2.75) is 19.9 Å². The number of benzene rings is 2. The maximum Gasteiger partial charge on any atom is 0.193 e. The largest absolute Gasteiger partial charge is 0.497 e. The number of nitrogens with zero attached hydrogens (tertiary/aromatic N) is 2. The van der Waals surface area contributed by atoms with E-state index in [9.17, 15) is 0 Å². The Bertz CT molecular complexity index is 720. The SMILES string of the molecule is COc1cccc(C(CN=C(N)Nc2cc(C)cc(C)c2)N(C)C)c1. The Hall–Kier alpha value is -2.53. The average molecular weight is 340 g/mol. The highest BCUT2D eigenvalue weighted by Gasteiger charge is 2.14. The molecule has 0 fully saturated rings. The normalized spacial score (nSPS) is 13.0. The smallest absolute Gasteiger partial charge is 0.193 e. The summed E-state index contributed by atoms with van der Waals surface area (Å²) >= 11 is 0. The highest BCUT2D eigenvalue weighted by atomic mass is 16.5. The number of ether oxygens (including phenoxy) is 1. The lowest BCUT2D eigenvalue weighted by atomic mass is 10.1. The molecule has 1 unspecified atom stereocenters. The average Bonchev–Trinajstić information content (AvgIpc) is 2.54. The van der Waals surface area contributed by atoms with Crippen molar-refractivity contribution in [3.63, 3.8) is 0 Å². The molecule has 5 nitrogen and oxygen atoms in total. The van der Waals surface area contributed by atoms with E-state index < -0.39 is 0 Å². The summed E-state index contributed by atoms with van der Waals surface area (Å²) in [6.07, 6.45) is 0. The van der Waals surface area contributed by atoms with Gasteiger partial charge in [-0.05, 0) is 68.9 Å². The Morgan fingerprint density at radius 1 is 1.16 bits per heavy atom. The van der Waals surface area contributed by atoms with Gasteiger partial charge in [0, 0.05) is 5.69 Å². The van der Waals surface area contributed by atoms with Crippen LogP contribution in [0, 0.1) is 13.8 Å². The van der Waals surface area contributed by atoms with Crippen LogP contribution in [0.4, 0.5) is 5.69 Å². The van der Waals surface area contributed by atoms with Gasteiger partial charge in [0.05, 0.1) is 19.7 Å². The van der Waals surface area contributed by atoms with Crippen molar-refractivity contribution >= 4 is 11.6 Å². The van der Waals surface area contributed by atoms with Gasteiger partial charge in [0.15, 0.2) is 5.96 Å². The Kier molecular flexibility index (Phi) is 6.42. The zero-order valence-electron chi connectivity index (χ0n) is 15.7. The van der Waals surface area contributed by atoms with Crippen LogP contribution in [-0.4, -0.2) is 38.6 Å². The van der Waals surface area contributed by atoms with Crippen molar-refractivity contribution in [1.82, 2.24) is 4.90 Å². The molecule has 0 bridgehead atoms. The molecule has 3 N–H and O–H groups in total. The van der Waals surface area contributed by atoms with Gasteiger partial charge in [-0.2, -0.15) is 0 Å².